The van der Waals surface area contributed by atoms with Crippen molar-refractivity contribution in [2.45, 2.75) is 0 Å². The van der Waals surface area contributed by atoms with E-state index in [1.165, 1.54) is 7.11 Å². The molecule has 0 aliphatic rings. The van der Waals surface area contributed by atoms with Crippen LogP contribution in [-0.4, -0.2) is 19.0 Å². The van der Waals surface area contributed by atoms with E-state index < -0.39 is 5.97 Å². The number of carbonyl (C=O) groups excluding carboxylic acids is 2. The Hall–Kier alpha value is -3.60. The third-order valence-electron chi connectivity index (χ3n) is 3.66. The Labute approximate surface area is 151 Å². The number of amides is 1. The summed E-state index contributed by atoms with van der Waals surface area (Å²) in [6, 6.07) is 22.8. The highest BCUT2D eigenvalue weighted by Crippen LogP contribution is 2.21. The fourth-order valence-electron chi connectivity index (χ4n) is 2.31. The first-order valence-corrected chi connectivity index (χ1v) is 7.98. The van der Waals surface area contributed by atoms with E-state index in [1.54, 1.807) is 48.5 Å². The van der Waals surface area contributed by atoms with Gasteiger partial charge in [0.1, 0.15) is 11.5 Å². The van der Waals surface area contributed by atoms with Crippen molar-refractivity contribution in [1.29, 1.82) is 0 Å². The number of hydrogen-bond donors (Lipinski definition) is 1. The first-order chi connectivity index (χ1) is 12.7. The van der Waals surface area contributed by atoms with E-state index in [-0.39, 0.29) is 5.91 Å². The molecule has 0 saturated heterocycles. The minimum atomic E-state index is -0.420. The highest BCUT2D eigenvalue weighted by Gasteiger charge is 2.08. The number of nitrogens with one attached hydrogen (secondary N) is 1. The van der Waals surface area contributed by atoms with E-state index in [0.29, 0.717) is 22.6 Å². The van der Waals surface area contributed by atoms with Crippen LogP contribution >= 0.6 is 0 Å². The lowest BCUT2D eigenvalue weighted by molar-refractivity contribution is 0.0600. The lowest BCUT2D eigenvalue weighted by Gasteiger charge is -2.08. The predicted molar refractivity (Wildman–Crippen MR) is 98.7 cm³/mol. The maximum Gasteiger partial charge on any atom is 0.337 e. The topological polar surface area (TPSA) is 64.6 Å². The molecule has 0 fully saturated rings. The van der Waals surface area contributed by atoms with Gasteiger partial charge in [0, 0.05) is 11.3 Å². The van der Waals surface area contributed by atoms with Crippen molar-refractivity contribution < 1.29 is 19.1 Å². The molecule has 3 aromatic carbocycles. The number of ether oxygens (including phenoxy) is 2. The first-order valence-electron chi connectivity index (χ1n) is 7.98. The van der Waals surface area contributed by atoms with Crippen LogP contribution in [0.3, 0.4) is 0 Å². The molecule has 0 aliphatic heterocycles. The van der Waals surface area contributed by atoms with Crippen molar-refractivity contribution in [3.05, 3.63) is 90.0 Å². The third-order valence-corrected chi connectivity index (χ3v) is 3.66. The summed E-state index contributed by atoms with van der Waals surface area (Å²) in [4.78, 5) is 23.7. The lowest BCUT2D eigenvalue weighted by Crippen LogP contribution is -2.12. The largest absolute Gasteiger partial charge is 0.465 e. The quantitative estimate of drug-likeness (QED) is 0.689. The lowest BCUT2D eigenvalue weighted by atomic mass is 10.1. The number of rotatable bonds is 5. The molecule has 0 heterocycles. The van der Waals surface area contributed by atoms with E-state index in [2.05, 4.69) is 10.1 Å². The van der Waals surface area contributed by atoms with Crippen LogP contribution in [-0.2, 0) is 4.74 Å². The molecule has 0 unspecified atom stereocenters. The average Bonchev–Trinajstić information content (AvgIpc) is 2.69. The van der Waals surface area contributed by atoms with E-state index >= 15 is 0 Å². The summed E-state index contributed by atoms with van der Waals surface area (Å²) < 4.78 is 10.3. The number of anilines is 1. The number of para-hydroxylation sites is 1. The van der Waals surface area contributed by atoms with Crippen LogP contribution in [0.25, 0.3) is 0 Å². The van der Waals surface area contributed by atoms with Crippen LogP contribution < -0.4 is 10.1 Å². The standard InChI is InChI=1S/C21H17NO4/c1-25-21(24)16-7-11-17(12-8-16)22-20(23)15-9-13-19(14-10-15)26-18-5-3-2-4-6-18/h2-14H,1H3,(H,22,23). The Bertz CT molecular complexity index is 888. The van der Waals surface area contributed by atoms with Gasteiger partial charge >= 0.3 is 5.97 Å². The highest BCUT2D eigenvalue weighted by molar-refractivity contribution is 6.04. The van der Waals surface area contributed by atoms with E-state index in [9.17, 15) is 9.59 Å². The Morgan fingerprint density at radius 2 is 1.31 bits per heavy atom. The van der Waals surface area contributed by atoms with Gasteiger partial charge in [0.05, 0.1) is 12.7 Å². The Morgan fingerprint density at radius 1 is 0.731 bits per heavy atom. The fourth-order valence-corrected chi connectivity index (χ4v) is 2.31. The van der Waals surface area contributed by atoms with Gasteiger partial charge in [-0.25, -0.2) is 4.79 Å². The minimum Gasteiger partial charge on any atom is -0.465 e. The maximum atomic E-state index is 12.3. The fraction of sp³-hybridized carbons (Fsp3) is 0.0476. The molecule has 1 amide bonds. The third kappa shape index (κ3) is 4.27. The molecule has 0 saturated carbocycles. The van der Waals surface area contributed by atoms with Crippen LogP contribution in [0, 0.1) is 0 Å². The molecule has 5 heteroatoms. The summed E-state index contributed by atoms with van der Waals surface area (Å²) >= 11 is 0. The molecule has 1 N–H and O–H groups in total. The van der Waals surface area contributed by atoms with Crippen LogP contribution in [0.4, 0.5) is 5.69 Å². The maximum absolute atomic E-state index is 12.3. The van der Waals surface area contributed by atoms with Crippen LogP contribution in [0.2, 0.25) is 0 Å². The number of hydrogen-bond acceptors (Lipinski definition) is 4. The molecule has 130 valence electrons. The van der Waals surface area contributed by atoms with Crippen molar-refractivity contribution in [2.75, 3.05) is 12.4 Å². The van der Waals surface area contributed by atoms with Gasteiger partial charge in [-0.15, -0.1) is 0 Å². The highest BCUT2D eigenvalue weighted by atomic mass is 16.5. The van der Waals surface area contributed by atoms with E-state index in [1.807, 2.05) is 30.3 Å². The van der Waals surface area contributed by atoms with Gasteiger partial charge < -0.3 is 14.8 Å². The Kier molecular flexibility index (Phi) is 5.29. The Balaban J connectivity index is 1.63. The molecule has 0 bridgehead atoms. The number of esters is 1. The molecule has 3 rings (SSSR count). The van der Waals surface area contributed by atoms with Gasteiger partial charge in [0.25, 0.3) is 5.91 Å². The molecule has 0 spiro atoms. The van der Waals surface area contributed by atoms with Crippen LogP contribution in [0.1, 0.15) is 20.7 Å². The van der Waals surface area contributed by atoms with E-state index in [4.69, 9.17) is 4.74 Å². The summed E-state index contributed by atoms with van der Waals surface area (Å²) in [7, 11) is 1.32. The second kappa shape index (κ2) is 7.98. The summed E-state index contributed by atoms with van der Waals surface area (Å²) in [6.45, 7) is 0. The van der Waals surface area contributed by atoms with Crippen molar-refractivity contribution >= 4 is 17.6 Å². The zero-order valence-electron chi connectivity index (χ0n) is 14.1. The normalized spacial score (nSPS) is 10.0. The average molecular weight is 347 g/mol. The van der Waals surface area contributed by atoms with Gasteiger partial charge in [-0.3, -0.25) is 4.79 Å². The summed E-state index contributed by atoms with van der Waals surface area (Å²) in [6.07, 6.45) is 0. The molecular weight excluding hydrogens is 330 g/mol. The van der Waals surface area contributed by atoms with Crippen molar-refractivity contribution in [1.82, 2.24) is 0 Å². The zero-order valence-corrected chi connectivity index (χ0v) is 14.1. The summed E-state index contributed by atoms with van der Waals surface area (Å²) in [5, 5.41) is 2.78. The van der Waals surface area contributed by atoms with Crippen LogP contribution in [0.5, 0.6) is 11.5 Å². The minimum absolute atomic E-state index is 0.248. The molecule has 0 aromatic heterocycles. The molecule has 5 nitrogen and oxygen atoms in total. The zero-order chi connectivity index (χ0) is 18.4. The summed E-state index contributed by atoms with van der Waals surface area (Å²) in [5.41, 5.74) is 1.52. The number of carbonyl (C=O) groups is 2. The molecule has 0 aliphatic carbocycles. The van der Waals surface area contributed by atoms with Gasteiger partial charge in [-0.05, 0) is 60.7 Å². The van der Waals surface area contributed by atoms with Crippen molar-refractivity contribution in [3.8, 4) is 11.5 Å². The van der Waals surface area contributed by atoms with Crippen molar-refractivity contribution in [3.63, 3.8) is 0 Å². The second-order valence-corrected chi connectivity index (χ2v) is 5.46. The van der Waals surface area contributed by atoms with Crippen LogP contribution in [0.15, 0.2) is 78.9 Å². The number of benzene rings is 3. The molecule has 26 heavy (non-hydrogen) atoms. The molecule has 3 aromatic rings. The SMILES string of the molecule is COC(=O)c1ccc(NC(=O)c2ccc(Oc3ccccc3)cc2)cc1. The Morgan fingerprint density at radius 3 is 1.92 bits per heavy atom. The van der Waals surface area contributed by atoms with Crippen molar-refractivity contribution in [2.24, 2.45) is 0 Å². The van der Waals surface area contributed by atoms with Gasteiger partial charge in [-0.2, -0.15) is 0 Å². The van der Waals surface area contributed by atoms with Gasteiger partial charge in [0.2, 0.25) is 0 Å². The van der Waals surface area contributed by atoms with Gasteiger partial charge in [-0.1, -0.05) is 18.2 Å². The second-order valence-electron chi connectivity index (χ2n) is 5.46. The monoisotopic (exact) mass is 347 g/mol. The summed E-state index contributed by atoms with van der Waals surface area (Å²) in [5.74, 6) is 0.713. The predicted octanol–water partition coefficient (Wildman–Crippen LogP) is 4.52. The van der Waals surface area contributed by atoms with E-state index in [0.717, 1.165) is 5.75 Å². The molecule has 0 radical (unpaired) electrons. The van der Waals surface area contributed by atoms with Gasteiger partial charge in [0.15, 0.2) is 0 Å². The number of methoxy groups -OCH3 is 1. The first kappa shape index (κ1) is 17.2. The molecule has 0 atom stereocenters. The molecular formula is C21H17NO4. The smallest absolute Gasteiger partial charge is 0.337 e.